The molecule has 2 aromatic heterocycles. The van der Waals surface area contributed by atoms with Crippen molar-refractivity contribution in [2.24, 2.45) is 13.0 Å². The Morgan fingerprint density at radius 2 is 1.95 bits per heavy atom. The average molecular weight is 534 g/mol. The molecule has 3 amide bonds. The minimum absolute atomic E-state index is 0.119. The minimum Gasteiger partial charge on any atom is -0.491 e. The van der Waals surface area contributed by atoms with Gasteiger partial charge in [0.05, 0.1) is 18.5 Å². The lowest BCUT2D eigenvalue weighted by Gasteiger charge is -2.24. The van der Waals surface area contributed by atoms with E-state index in [1.165, 1.54) is 12.4 Å². The first-order valence-electron chi connectivity index (χ1n) is 13.0. The van der Waals surface area contributed by atoms with Gasteiger partial charge in [0.2, 0.25) is 11.8 Å². The lowest BCUT2D eigenvalue weighted by atomic mass is 10.2. The minimum atomic E-state index is -0.548. The van der Waals surface area contributed by atoms with Crippen molar-refractivity contribution in [3.05, 3.63) is 48.4 Å². The van der Waals surface area contributed by atoms with Gasteiger partial charge in [0.25, 0.3) is 11.8 Å². The van der Waals surface area contributed by atoms with E-state index in [1.54, 1.807) is 47.1 Å². The highest BCUT2D eigenvalue weighted by Gasteiger charge is 2.35. The highest BCUT2D eigenvalue weighted by atomic mass is 16.5. The van der Waals surface area contributed by atoms with Gasteiger partial charge in [-0.1, -0.05) is 0 Å². The maximum Gasteiger partial charge on any atom is 0.257 e. The molecule has 12 nitrogen and oxygen atoms in total. The molecule has 1 saturated carbocycles. The molecule has 0 radical (unpaired) electrons. The van der Waals surface area contributed by atoms with Gasteiger partial charge in [0, 0.05) is 43.9 Å². The molecular weight excluding hydrogens is 502 g/mol. The molecule has 2 fully saturated rings. The maximum atomic E-state index is 13.1. The number of nitrogens with zero attached hydrogens (tertiary/aromatic N) is 5. The van der Waals surface area contributed by atoms with E-state index in [2.05, 4.69) is 25.7 Å². The number of nitrogens with one attached hydrogen (secondary N) is 2. The summed E-state index contributed by atoms with van der Waals surface area (Å²) in [7, 11) is 1.76. The number of rotatable bonds is 10. The lowest BCUT2D eigenvalue weighted by Crippen LogP contribution is -2.45. The van der Waals surface area contributed by atoms with E-state index in [4.69, 9.17) is 9.47 Å². The van der Waals surface area contributed by atoms with E-state index in [0.717, 1.165) is 12.8 Å². The average Bonchev–Trinajstić information content (AvgIpc) is 3.47. The normalized spacial score (nSPS) is 16.6. The molecule has 5 rings (SSSR count). The van der Waals surface area contributed by atoms with Crippen LogP contribution in [0.2, 0.25) is 0 Å². The molecule has 0 bridgehead atoms. The highest BCUT2D eigenvalue weighted by Crippen LogP contribution is 2.32. The standard InChI is InChI=1S/C27H31N7O5/c1-16(2)38-19-10-18(26(36)31-22-8-9-33(3)32-22)11-20(12-19)39-25-14-28-23(13-29-25)34(15-17-4-5-17)27(37)21-6-7-24(35)30-21/h8-14,16-17,21H,4-7,15H2,1-3H3,(H,30,35)(H,31,32,36)/t21-/m1/s1. The molecule has 3 aromatic rings. The number of aryl methyl sites for hydroxylation is 1. The molecule has 1 atom stereocenters. The number of hydrogen-bond acceptors (Lipinski definition) is 8. The van der Waals surface area contributed by atoms with Crippen molar-refractivity contribution in [1.82, 2.24) is 25.1 Å². The van der Waals surface area contributed by atoms with Gasteiger partial charge in [-0.15, -0.1) is 0 Å². The van der Waals surface area contributed by atoms with Crippen molar-refractivity contribution in [1.29, 1.82) is 0 Å². The Kier molecular flexibility index (Phi) is 7.44. The number of anilines is 2. The second-order valence-electron chi connectivity index (χ2n) is 10.1. The van der Waals surface area contributed by atoms with Crippen LogP contribution in [0.1, 0.15) is 49.9 Å². The molecule has 2 N–H and O–H groups in total. The second-order valence-corrected chi connectivity index (χ2v) is 10.1. The van der Waals surface area contributed by atoms with Gasteiger partial charge in [-0.25, -0.2) is 9.97 Å². The third-order valence-corrected chi connectivity index (χ3v) is 6.28. The SMILES string of the molecule is CC(C)Oc1cc(Oc2cnc(N(CC3CC3)C(=O)[C@H]3CCC(=O)N3)cn2)cc(C(=O)Nc2ccn(C)n2)c1. The van der Waals surface area contributed by atoms with E-state index in [0.29, 0.717) is 54.0 Å². The van der Waals surface area contributed by atoms with Gasteiger partial charge in [0.15, 0.2) is 11.6 Å². The first kappa shape index (κ1) is 26.1. The van der Waals surface area contributed by atoms with Crippen LogP contribution in [0.5, 0.6) is 17.4 Å². The van der Waals surface area contributed by atoms with Gasteiger partial charge in [-0.2, -0.15) is 5.10 Å². The fourth-order valence-electron chi connectivity index (χ4n) is 4.24. The fraction of sp³-hybridized carbons (Fsp3) is 0.407. The molecule has 1 aliphatic heterocycles. The van der Waals surface area contributed by atoms with Crippen LogP contribution in [0.3, 0.4) is 0 Å². The largest absolute Gasteiger partial charge is 0.491 e. The first-order valence-corrected chi connectivity index (χ1v) is 13.0. The maximum absolute atomic E-state index is 13.1. The summed E-state index contributed by atoms with van der Waals surface area (Å²) < 4.78 is 13.3. The smallest absolute Gasteiger partial charge is 0.257 e. The third-order valence-electron chi connectivity index (χ3n) is 6.28. The van der Waals surface area contributed by atoms with Crippen LogP contribution in [-0.2, 0) is 16.6 Å². The molecule has 39 heavy (non-hydrogen) atoms. The summed E-state index contributed by atoms with van der Waals surface area (Å²) in [6.07, 6.45) is 7.45. The Bertz CT molecular complexity index is 1370. The van der Waals surface area contributed by atoms with E-state index < -0.39 is 6.04 Å². The predicted molar refractivity (Wildman–Crippen MR) is 142 cm³/mol. The van der Waals surface area contributed by atoms with Gasteiger partial charge in [0.1, 0.15) is 17.5 Å². The van der Waals surface area contributed by atoms with E-state index in [9.17, 15) is 14.4 Å². The van der Waals surface area contributed by atoms with Crippen LogP contribution in [0.15, 0.2) is 42.9 Å². The molecule has 1 aliphatic carbocycles. The molecule has 2 aliphatic rings. The van der Waals surface area contributed by atoms with Gasteiger partial charge in [-0.3, -0.25) is 24.0 Å². The Morgan fingerprint density at radius 1 is 1.15 bits per heavy atom. The Morgan fingerprint density at radius 3 is 2.56 bits per heavy atom. The van der Waals surface area contributed by atoms with Crippen molar-refractivity contribution in [2.75, 3.05) is 16.8 Å². The number of aromatic nitrogens is 4. The molecule has 204 valence electrons. The number of carbonyl (C=O) groups excluding carboxylic acids is 3. The zero-order valence-corrected chi connectivity index (χ0v) is 22.1. The summed E-state index contributed by atoms with van der Waals surface area (Å²) in [6.45, 7) is 4.30. The van der Waals surface area contributed by atoms with Crippen LogP contribution in [0, 0.1) is 5.92 Å². The first-order chi connectivity index (χ1) is 18.7. The van der Waals surface area contributed by atoms with E-state index >= 15 is 0 Å². The van der Waals surface area contributed by atoms with Gasteiger partial charge < -0.3 is 20.1 Å². The van der Waals surface area contributed by atoms with Crippen molar-refractivity contribution < 1.29 is 23.9 Å². The fourth-order valence-corrected chi connectivity index (χ4v) is 4.24. The number of amides is 3. The van der Waals surface area contributed by atoms with E-state index in [1.807, 2.05) is 13.8 Å². The highest BCUT2D eigenvalue weighted by molar-refractivity contribution is 6.04. The number of ether oxygens (including phenoxy) is 2. The van der Waals surface area contributed by atoms with Crippen molar-refractivity contribution in [2.45, 2.75) is 51.7 Å². The molecule has 1 aromatic carbocycles. The van der Waals surface area contributed by atoms with Crippen LogP contribution in [-0.4, -0.2) is 56.2 Å². The second kappa shape index (κ2) is 11.1. The van der Waals surface area contributed by atoms with Crippen molar-refractivity contribution >= 4 is 29.4 Å². The molecule has 3 heterocycles. The van der Waals surface area contributed by atoms with E-state index in [-0.39, 0.29) is 29.7 Å². The van der Waals surface area contributed by atoms with Crippen LogP contribution in [0.25, 0.3) is 0 Å². The number of hydrogen-bond donors (Lipinski definition) is 2. The topological polar surface area (TPSA) is 141 Å². The van der Waals surface area contributed by atoms with Crippen LogP contribution in [0.4, 0.5) is 11.6 Å². The summed E-state index contributed by atoms with van der Waals surface area (Å²) in [5, 5.41) is 9.67. The summed E-state index contributed by atoms with van der Waals surface area (Å²) in [5.41, 5.74) is 0.318. The summed E-state index contributed by atoms with van der Waals surface area (Å²) in [4.78, 5) is 48.1. The molecule has 1 saturated heterocycles. The summed E-state index contributed by atoms with van der Waals surface area (Å²) in [5.74, 6) is 1.54. The Hall–Kier alpha value is -4.48. The van der Waals surface area contributed by atoms with Crippen molar-refractivity contribution in [3.63, 3.8) is 0 Å². The number of benzene rings is 1. The lowest BCUT2D eigenvalue weighted by molar-refractivity contribution is -0.124. The summed E-state index contributed by atoms with van der Waals surface area (Å²) >= 11 is 0. The zero-order chi connectivity index (χ0) is 27.5. The van der Waals surface area contributed by atoms with Crippen LogP contribution < -0.4 is 25.0 Å². The van der Waals surface area contributed by atoms with Gasteiger partial charge >= 0.3 is 0 Å². The molecule has 0 spiro atoms. The van der Waals surface area contributed by atoms with Crippen molar-refractivity contribution in [3.8, 4) is 17.4 Å². The predicted octanol–water partition coefficient (Wildman–Crippen LogP) is 3.06. The summed E-state index contributed by atoms with van der Waals surface area (Å²) in [6, 6.07) is 6.02. The zero-order valence-electron chi connectivity index (χ0n) is 22.1. The third kappa shape index (κ3) is 6.70. The molecule has 12 heteroatoms. The molecular formula is C27H31N7O5. The van der Waals surface area contributed by atoms with Crippen LogP contribution >= 0.6 is 0 Å². The quantitative estimate of drug-likeness (QED) is 0.405. The Labute approximate surface area is 225 Å². The Balaban J connectivity index is 1.34. The number of carbonyl (C=O) groups is 3. The monoisotopic (exact) mass is 533 g/mol. The molecule has 0 unspecified atom stereocenters. The van der Waals surface area contributed by atoms with Gasteiger partial charge in [-0.05, 0) is 51.2 Å².